The maximum Gasteiger partial charge on any atom is 0.0326 e. The molecule has 2 nitrogen and oxygen atoms in total. The molecule has 1 aliphatic rings. The molecular formula is C12H17NOS. The highest BCUT2D eigenvalue weighted by atomic mass is 32.2. The molecule has 1 atom stereocenters. The van der Waals surface area contributed by atoms with Gasteiger partial charge in [-0.2, -0.15) is 0 Å². The molecule has 3 heteroatoms. The highest BCUT2D eigenvalue weighted by molar-refractivity contribution is 7.93. The first-order chi connectivity index (χ1) is 7.42. The van der Waals surface area contributed by atoms with E-state index < -0.39 is 0 Å². The zero-order valence-electron chi connectivity index (χ0n) is 8.78. The van der Waals surface area contributed by atoms with Crippen LogP contribution in [0.25, 0.3) is 0 Å². The predicted octanol–water partition coefficient (Wildman–Crippen LogP) is 2.86. The Labute approximate surface area is 95.3 Å². The molecule has 0 unspecified atom stereocenters. The van der Waals surface area contributed by atoms with Crippen LogP contribution in [0.5, 0.6) is 0 Å². The van der Waals surface area contributed by atoms with Crippen LogP contribution in [0.1, 0.15) is 30.0 Å². The van der Waals surface area contributed by atoms with Gasteiger partial charge in [-0.25, -0.2) is 0 Å². The molecule has 2 N–H and O–H groups in total. The molecule has 1 aromatic rings. The Morgan fingerprint density at radius 1 is 1.40 bits per heavy atom. The van der Waals surface area contributed by atoms with Gasteiger partial charge in [0.05, 0.1) is 0 Å². The van der Waals surface area contributed by atoms with Crippen LogP contribution >= 0.6 is 12.0 Å². The fraction of sp³-hybridized carbons (Fsp3) is 0.500. The van der Waals surface area contributed by atoms with E-state index >= 15 is 0 Å². The van der Waals surface area contributed by atoms with Gasteiger partial charge in [0.2, 0.25) is 0 Å². The lowest BCUT2D eigenvalue weighted by molar-refractivity contribution is 0.529. The lowest BCUT2D eigenvalue weighted by Crippen LogP contribution is -2.20. The fourth-order valence-corrected chi connectivity index (χ4v) is 2.46. The third-order valence-electron chi connectivity index (χ3n) is 2.94. The number of nitrogens with one attached hydrogen (secondary N) is 1. The molecule has 0 aromatic heterocycles. The van der Waals surface area contributed by atoms with Gasteiger partial charge in [-0.05, 0) is 49.0 Å². The number of benzene rings is 1. The topological polar surface area (TPSA) is 32.3 Å². The van der Waals surface area contributed by atoms with E-state index in [1.54, 1.807) is 0 Å². The summed E-state index contributed by atoms with van der Waals surface area (Å²) in [5, 5.41) is 3.55. The maximum atomic E-state index is 8.60. The molecule has 0 heterocycles. The summed E-state index contributed by atoms with van der Waals surface area (Å²) in [6, 6.07) is 9.21. The third-order valence-corrected chi connectivity index (χ3v) is 3.41. The van der Waals surface area contributed by atoms with Gasteiger partial charge in [-0.1, -0.05) is 24.3 Å². The molecule has 0 spiro atoms. The Bertz CT molecular complexity index is 316. The van der Waals surface area contributed by atoms with Crippen LogP contribution in [0.3, 0.4) is 0 Å². The van der Waals surface area contributed by atoms with E-state index in [0.29, 0.717) is 6.04 Å². The number of fused-ring (bicyclic) bond motifs is 1. The van der Waals surface area contributed by atoms with Gasteiger partial charge in [0.25, 0.3) is 0 Å². The zero-order chi connectivity index (χ0) is 10.5. The SMILES string of the molecule is OSCCCN[C@H]1CCc2ccccc21. The molecule has 2 rings (SSSR count). The van der Waals surface area contributed by atoms with Gasteiger partial charge in [-0.3, -0.25) is 0 Å². The van der Waals surface area contributed by atoms with Gasteiger partial charge >= 0.3 is 0 Å². The van der Waals surface area contributed by atoms with Crippen LogP contribution in [-0.4, -0.2) is 16.9 Å². The van der Waals surface area contributed by atoms with Crippen molar-refractivity contribution in [2.45, 2.75) is 25.3 Å². The predicted molar refractivity (Wildman–Crippen MR) is 65.2 cm³/mol. The standard InChI is InChI=1S/C12H17NOS/c14-15-9-3-8-13-12-7-6-10-4-1-2-5-11(10)12/h1-2,4-5,12-14H,3,6-9H2/t12-/m0/s1. The maximum absolute atomic E-state index is 8.60. The molecule has 1 aromatic carbocycles. The third kappa shape index (κ3) is 2.74. The van der Waals surface area contributed by atoms with Gasteiger partial charge in [0, 0.05) is 11.8 Å². The van der Waals surface area contributed by atoms with Crippen molar-refractivity contribution in [2.24, 2.45) is 0 Å². The molecule has 0 bridgehead atoms. The minimum atomic E-state index is 0.532. The summed E-state index contributed by atoms with van der Waals surface area (Å²) < 4.78 is 8.60. The fourth-order valence-electron chi connectivity index (χ4n) is 2.18. The summed E-state index contributed by atoms with van der Waals surface area (Å²) in [4.78, 5) is 0. The minimum absolute atomic E-state index is 0.532. The van der Waals surface area contributed by atoms with E-state index in [1.807, 2.05) is 0 Å². The zero-order valence-corrected chi connectivity index (χ0v) is 9.59. The van der Waals surface area contributed by atoms with E-state index in [0.717, 1.165) is 30.8 Å². The Morgan fingerprint density at radius 2 is 2.27 bits per heavy atom. The number of aryl methyl sites for hydroxylation is 1. The first-order valence-electron chi connectivity index (χ1n) is 5.49. The minimum Gasteiger partial charge on any atom is -0.330 e. The Morgan fingerprint density at radius 3 is 3.13 bits per heavy atom. The summed E-state index contributed by atoms with van der Waals surface area (Å²) in [7, 11) is 0. The Balaban J connectivity index is 1.85. The van der Waals surface area contributed by atoms with E-state index in [1.165, 1.54) is 24.0 Å². The van der Waals surface area contributed by atoms with Gasteiger partial charge < -0.3 is 9.87 Å². The molecule has 0 saturated heterocycles. The van der Waals surface area contributed by atoms with Crippen molar-refractivity contribution < 1.29 is 4.55 Å². The van der Waals surface area contributed by atoms with Crippen molar-refractivity contribution in [3.63, 3.8) is 0 Å². The van der Waals surface area contributed by atoms with Crippen LogP contribution in [0.4, 0.5) is 0 Å². The van der Waals surface area contributed by atoms with Crippen LogP contribution in [0, 0.1) is 0 Å². The second kappa shape index (κ2) is 5.54. The number of rotatable bonds is 5. The van der Waals surface area contributed by atoms with Gasteiger partial charge in [0.15, 0.2) is 0 Å². The summed E-state index contributed by atoms with van der Waals surface area (Å²) in [5.41, 5.74) is 2.96. The summed E-state index contributed by atoms with van der Waals surface area (Å²) >= 11 is 0.930. The number of hydrogen-bond acceptors (Lipinski definition) is 3. The summed E-state index contributed by atoms with van der Waals surface area (Å²) in [5.74, 6) is 0.821. The number of hydrogen-bond donors (Lipinski definition) is 2. The molecule has 0 fully saturated rings. The molecule has 0 radical (unpaired) electrons. The van der Waals surface area contributed by atoms with Crippen LogP contribution in [-0.2, 0) is 6.42 Å². The van der Waals surface area contributed by atoms with Crippen molar-refractivity contribution in [1.29, 1.82) is 0 Å². The van der Waals surface area contributed by atoms with Crippen molar-refractivity contribution in [3.05, 3.63) is 35.4 Å². The molecule has 82 valence electrons. The summed E-state index contributed by atoms with van der Waals surface area (Å²) in [6.07, 6.45) is 3.44. The van der Waals surface area contributed by atoms with Crippen LogP contribution < -0.4 is 5.32 Å². The molecule has 0 amide bonds. The van der Waals surface area contributed by atoms with Crippen LogP contribution in [0.2, 0.25) is 0 Å². The smallest absolute Gasteiger partial charge is 0.0326 e. The molecule has 0 saturated carbocycles. The first-order valence-corrected chi connectivity index (χ1v) is 6.43. The van der Waals surface area contributed by atoms with Crippen molar-refractivity contribution >= 4 is 12.0 Å². The average Bonchev–Trinajstić information content (AvgIpc) is 2.68. The first kappa shape index (κ1) is 11.0. The average molecular weight is 223 g/mol. The highest BCUT2D eigenvalue weighted by Gasteiger charge is 2.20. The normalized spacial score (nSPS) is 19.1. The Kier molecular flexibility index (Phi) is 4.06. The van der Waals surface area contributed by atoms with Crippen molar-refractivity contribution in [2.75, 3.05) is 12.3 Å². The van der Waals surface area contributed by atoms with Crippen molar-refractivity contribution in [3.8, 4) is 0 Å². The largest absolute Gasteiger partial charge is 0.330 e. The molecule has 1 aliphatic carbocycles. The second-order valence-electron chi connectivity index (χ2n) is 3.93. The van der Waals surface area contributed by atoms with Gasteiger partial charge in [-0.15, -0.1) is 0 Å². The van der Waals surface area contributed by atoms with Crippen molar-refractivity contribution in [1.82, 2.24) is 5.32 Å². The quantitative estimate of drug-likeness (QED) is 0.594. The summed E-state index contributed by atoms with van der Waals surface area (Å²) in [6.45, 7) is 0.993. The van der Waals surface area contributed by atoms with Gasteiger partial charge in [0.1, 0.15) is 0 Å². The molecule has 15 heavy (non-hydrogen) atoms. The second-order valence-corrected chi connectivity index (χ2v) is 4.60. The monoisotopic (exact) mass is 223 g/mol. The lowest BCUT2D eigenvalue weighted by Gasteiger charge is -2.13. The van der Waals surface area contributed by atoms with E-state index in [2.05, 4.69) is 29.6 Å². The van der Waals surface area contributed by atoms with E-state index in [9.17, 15) is 0 Å². The molecular weight excluding hydrogens is 206 g/mol. The van der Waals surface area contributed by atoms with E-state index in [-0.39, 0.29) is 0 Å². The molecule has 0 aliphatic heterocycles. The Hall–Kier alpha value is -0.510. The van der Waals surface area contributed by atoms with Crippen LogP contribution in [0.15, 0.2) is 24.3 Å². The lowest BCUT2D eigenvalue weighted by atomic mass is 10.1. The highest BCUT2D eigenvalue weighted by Crippen LogP contribution is 2.30. The van der Waals surface area contributed by atoms with E-state index in [4.69, 9.17) is 4.55 Å².